The third-order valence-corrected chi connectivity index (χ3v) is 3.83. The first kappa shape index (κ1) is 16.9. The summed E-state index contributed by atoms with van der Waals surface area (Å²) < 4.78 is 11.1. The van der Waals surface area contributed by atoms with Gasteiger partial charge in [0.25, 0.3) is 0 Å². The zero-order chi connectivity index (χ0) is 13.8. The van der Waals surface area contributed by atoms with Gasteiger partial charge in [-0.05, 0) is 12.8 Å². The number of unbranched alkanes of at least 4 members (excludes halogenated alkanes) is 4. The number of hydrogen-bond donors (Lipinski definition) is 1. The Morgan fingerprint density at radius 1 is 1.00 bits per heavy atom. The summed E-state index contributed by atoms with van der Waals surface area (Å²) in [5.41, 5.74) is 0. The van der Waals surface area contributed by atoms with Crippen molar-refractivity contribution >= 4 is 0 Å². The maximum Gasteiger partial charge on any atom is 0.0933 e. The Morgan fingerprint density at radius 2 is 1.68 bits per heavy atom. The summed E-state index contributed by atoms with van der Waals surface area (Å²) in [5, 5.41) is 3.70. The van der Waals surface area contributed by atoms with Crippen LogP contribution < -0.4 is 5.32 Å². The van der Waals surface area contributed by atoms with Gasteiger partial charge in [0, 0.05) is 12.6 Å². The fraction of sp³-hybridized carbons (Fsp3) is 1.00. The Morgan fingerprint density at radius 3 is 2.21 bits per heavy atom. The fourth-order valence-corrected chi connectivity index (χ4v) is 2.58. The lowest BCUT2D eigenvalue weighted by molar-refractivity contribution is -0.0872. The predicted molar refractivity (Wildman–Crippen MR) is 80.6 cm³/mol. The van der Waals surface area contributed by atoms with Crippen molar-refractivity contribution in [2.24, 2.45) is 0 Å². The van der Waals surface area contributed by atoms with E-state index in [1.54, 1.807) is 0 Å². The first-order valence-electron chi connectivity index (χ1n) is 8.29. The van der Waals surface area contributed by atoms with Crippen molar-refractivity contribution < 1.29 is 9.47 Å². The first-order chi connectivity index (χ1) is 9.36. The monoisotopic (exact) mass is 271 g/mol. The summed E-state index contributed by atoms with van der Waals surface area (Å²) in [6.07, 6.45) is 10.9. The third kappa shape index (κ3) is 8.61. The Hall–Kier alpha value is -0.120. The summed E-state index contributed by atoms with van der Waals surface area (Å²) >= 11 is 0. The highest BCUT2D eigenvalue weighted by molar-refractivity contribution is 4.72. The lowest BCUT2D eigenvalue weighted by Crippen LogP contribution is -2.41. The molecular weight excluding hydrogens is 238 g/mol. The molecule has 0 radical (unpaired) electrons. The molecule has 1 aliphatic heterocycles. The van der Waals surface area contributed by atoms with Gasteiger partial charge in [-0.15, -0.1) is 0 Å². The van der Waals surface area contributed by atoms with E-state index in [1.165, 1.54) is 51.4 Å². The van der Waals surface area contributed by atoms with Gasteiger partial charge in [0.1, 0.15) is 0 Å². The van der Waals surface area contributed by atoms with Crippen LogP contribution in [0.5, 0.6) is 0 Å². The Kier molecular flexibility index (Phi) is 10.4. The van der Waals surface area contributed by atoms with Crippen LogP contribution in [0.3, 0.4) is 0 Å². The summed E-state index contributed by atoms with van der Waals surface area (Å²) in [6, 6.07) is 0.670. The van der Waals surface area contributed by atoms with Gasteiger partial charge in [0.15, 0.2) is 0 Å². The van der Waals surface area contributed by atoms with E-state index in [0.29, 0.717) is 6.04 Å². The zero-order valence-electron chi connectivity index (χ0n) is 13.0. The molecular formula is C16H33NO2. The van der Waals surface area contributed by atoms with Crippen LogP contribution in [0.1, 0.15) is 65.2 Å². The van der Waals surface area contributed by atoms with E-state index in [9.17, 15) is 0 Å². The number of rotatable bonds is 11. The topological polar surface area (TPSA) is 30.5 Å². The molecule has 0 saturated carbocycles. The molecule has 0 aromatic heterocycles. The van der Waals surface area contributed by atoms with Gasteiger partial charge < -0.3 is 14.8 Å². The maximum atomic E-state index is 5.69. The quantitative estimate of drug-likeness (QED) is 0.583. The summed E-state index contributed by atoms with van der Waals surface area (Å²) in [7, 11) is 0. The minimum atomic E-state index is 0.258. The van der Waals surface area contributed by atoms with Gasteiger partial charge in [-0.1, -0.05) is 52.4 Å². The summed E-state index contributed by atoms with van der Waals surface area (Å²) in [4.78, 5) is 0. The zero-order valence-corrected chi connectivity index (χ0v) is 13.0. The van der Waals surface area contributed by atoms with Crippen molar-refractivity contribution in [3.63, 3.8) is 0 Å². The van der Waals surface area contributed by atoms with Crippen LogP contribution in [0.15, 0.2) is 0 Å². The molecule has 1 unspecified atom stereocenters. The van der Waals surface area contributed by atoms with Gasteiger partial charge in [-0.3, -0.25) is 0 Å². The lowest BCUT2D eigenvalue weighted by atomic mass is 10.0. The molecule has 1 aliphatic rings. The van der Waals surface area contributed by atoms with Crippen molar-refractivity contribution in [1.82, 2.24) is 5.32 Å². The Balaban J connectivity index is 2.17. The molecule has 1 saturated heterocycles. The van der Waals surface area contributed by atoms with Crippen LogP contribution in [0.25, 0.3) is 0 Å². The van der Waals surface area contributed by atoms with E-state index < -0.39 is 0 Å². The minimum absolute atomic E-state index is 0.258. The molecule has 114 valence electrons. The first-order valence-corrected chi connectivity index (χ1v) is 8.29. The van der Waals surface area contributed by atoms with Crippen molar-refractivity contribution in [2.75, 3.05) is 26.4 Å². The average molecular weight is 271 g/mol. The number of hydrogen-bond acceptors (Lipinski definition) is 3. The molecule has 1 heterocycles. The number of ether oxygens (including phenoxy) is 2. The molecule has 0 amide bonds. The molecule has 3 heteroatoms. The maximum absolute atomic E-state index is 5.69. The van der Waals surface area contributed by atoms with Crippen molar-refractivity contribution in [3.8, 4) is 0 Å². The molecule has 1 atom stereocenters. The second kappa shape index (κ2) is 11.7. The molecule has 0 bridgehead atoms. The van der Waals surface area contributed by atoms with Crippen LogP contribution in [0, 0.1) is 0 Å². The largest absolute Gasteiger partial charge is 0.376 e. The van der Waals surface area contributed by atoms with Gasteiger partial charge in [-0.2, -0.15) is 0 Å². The van der Waals surface area contributed by atoms with Crippen molar-refractivity contribution in [2.45, 2.75) is 77.4 Å². The normalized spacial score (nSPS) is 20.1. The molecule has 1 N–H and O–H groups in total. The highest BCUT2D eigenvalue weighted by Crippen LogP contribution is 2.11. The standard InChI is InChI=1S/C16H33NO2/c1-3-5-7-9-15(10-8-6-4-2)17-13-16-14-18-11-12-19-16/h15-17H,3-14H2,1-2H3. The molecule has 0 aromatic carbocycles. The van der Waals surface area contributed by atoms with E-state index in [4.69, 9.17) is 9.47 Å². The molecule has 0 aliphatic carbocycles. The molecule has 3 nitrogen and oxygen atoms in total. The van der Waals surface area contributed by atoms with Crippen molar-refractivity contribution in [3.05, 3.63) is 0 Å². The smallest absolute Gasteiger partial charge is 0.0933 e. The Labute approximate surface area is 119 Å². The number of nitrogens with one attached hydrogen (secondary N) is 1. The van der Waals surface area contributed by atoms with E-state index in [2.05, 4.69) is 19.2 Å². The third-order valence-electron chi connectivity index (χ3n) is 3.83. The molecule has 0 aromatic rings. The van der Waals surface area contributed by atoms with E-state index >= 15 is 0 Å². The summed E-state index contributed by atoms with van der Waals surface area (Å²) in [6.45, 7) is 7.75. The second-order valence-corrected chi connectivity index (χ2v) is 5.66. The highest BCUT2D eigenvalue weighted by Gasteiger charge is 2.16. The van der Waals surface area contributed by atoms with Gasteiger partial charge >= 0.3 is 0 Å². The van der Waals surface area contributed by atoms with Gasteiger partial charge in [0.2, 0.25) is 0 Å². The van der Waals surface area contributed by atoms with Crippen LogP contribution in [0.2, 0.25) is 0 Å². The van der Waals surface area contributed by atoms with Crippen LogP contribution >= 0.6 is 0 Å². The van der Waals surface area contributed by atoms with E-state index in [1.807, 2.05) is 0 Å². The fourth-order valence-electron chi connectivity index (χ4n) is 2.58. The average Bonchev–Trinajstić information content (AvgIpc) is 2.45. The highest BCUT2D eigenvalue weighted by atomic mass is 16.6. The minimum Gasteiger partial charge on any atom is -0.376 e. The van der Waals surface area contributed by atoms with Crippen molar-refractivity contribution in [1.29, 1.82) is 0 Å². The second-order valence-electron chi connectivity index (χ2n) is 5.66. The lowest BCUT2D eigenvalue weighted by Gasteiger charge is -2.26. The van der Waals surface area contributed by atoms with Crippen LogP contribution in [-0.2, 0) is 9.47 Å². The van der Waals surface area contributed by atoms with Gasteiger partial charge in [0.05, 0.1) is 25.9 Å². The molecule has 19 heavy (non-hydrogen) atoms. The van der Waals surface area contributed by atoms with Crippen LogP contribution in [-0.4, -0.2) is 38.5 Å². The Bertz CT molecular complexity index is 183. The molecule has 1 fully saturated rings. The van der Waals surface area contributed by atoms with Gasteiger partial charge in [-0.25, -0.2) is 0 Å². The SMILES string of the molecule is CCCCCC(CCCCC)NCC1COCCO1. The van der Waals surface area contributed by atoms with E-state index in [0.717, 1.165) is 26.4 Å². The summed E-state index contributed by atoms with van der Waals surface area (Å²) in [5.74, 6) is 0. The molecule has 0 spiro atoms. The van der Waals surface area contributed by atoms with E-state index in [-0.39, 0.29) is 6.10 Å². The predicted octanol–water partition coefficient (Wildman–Crippen LogP) is 3.52. The molecule has 1 rings (SSSR count). The van der Waals surface area contributed by atoms with Crippen LogP contribution in [0.4, 0.5) is 0 Å².